The van der Waals surface area contributed by atoms with Gasteiger partial charge in [-0.25, -0.2) is 0 Å². The Balaban J connectivity index is 1.72. The summed E-state index contributed by atoms with van der Waals surface area (Å²) in [6.07, 6.45) is 9.95. The molecular weight excluding hydrogens is 330 g/mol. The van der Waals surface area contributed by atoms with Crippen LogP contribution >= 0.6 is 15.9 Å². The Bertz CT molecular complexity index is 572. The highest BCUT2D eigenvalue weighted by Crippen LogP contribution is 2.30. The predicted octanol–water partition coefficient (Wildman–Crippen LogP) is 4.25. The van der Waals surface area contributed by atoms with Gasteiger partial charge in [-0.2, -0.15) is 5.10 Å². The molecule has 0 radical (unpaired) electrons. The summed E-state index contributed by atoms with van der Waals surface area (Å²) in [6, 6.07) is 5.01. The highest BCUT2D eigenvalue weighted by Gasteiger charge is 2.20. The molecule has 1 unspecified atom stereocenters. The van der Waals surface area contributed by atoms with Crippen LogP contribution in [0.25, 0.3) is 0 Å². The summed E-state index contributed by atoms with van der Waals surface area (Å²) in [5.74, 6) is 0. The number of hydrogen-bond donors (Lipinski definition) is 1. The maximum absolute atomic E-state index is 5.37. The van der Waals surface area contributed by atoms with E-state index in [4.69, 9.17) is 9.52 Å². The highest BCUT2D eigenvalue weighted by molar-refractivity contribution is 9.10. The molecule has 1 saturated carbocycles. The molecule has 0 aliphatic heterocycles. The van der Waals surface area contributed by atoms with E-state index in [1.54, 1.807) is 6.26 Å². The largest absolute Gasteiger partial charge is 0.457 e. The fraction of sp³-hybridized carbons (Fsp3) is 0.562. The Morgan fingerprint density at radius 3 is 2.90 bits per heavy atom. The van der Waals surface area contributed by atoms with Crippen molar-refractivity contribution < 1.29 is 4.42 Å². The Morgan fingerprint density at radius 2 is 2.24 bits per heavy atom. The fourth-order valence-electron chi connectivity index (χ4n) is 3.16. The van der Waals surface area contributed by atoms with Gasteiger partial charge in [-0.1, -0.05) is 19.8 Å². The standard InChI is InChI=1S/C16H22BrN3O/c1-2-18-15(14-8-10-21-16(14)17)11-12-7-9-20(19-12)13-5-3-4-6-13/h7-10,13,15,18H,2-6,11H2,1H3. The van der Waals surface area contributed by atoms with Gasteiger partial charge in [-0.05, 0) is 47.4 Å². The van der Waals surface area contributed by atoms with E-state index in [1.807, 2.05) is 6.07 Å². The summed E-state index contributed by atoms with van der Waals surface area (Å²) in [6.45, 7) is 3.05. The van der Waals surface area contributed by atoms with Crippen molar-refractivity contribution in [2.75, 3.05) is 6.54 Å². The van der Waals surface area contributed by atoms with Gasteiger partial charge in [-0.3, -0.25) is 4.68 Å². The Kier molecular flexibility index (Phi) is 4.80. The van der Waals surface area contributed by atoms with Crippen molar-refractivity contribution in [2.24, 2.45) is 0 Å². The smallest absolute Gasteiger partial charge is 0.173 e. The van der Waals surface area contributed by atoms with E-state index in [2.05, 4.69) is 45.1 Å². The lowest BCUT2D eigenvalue weighted by atomic mass is 10.1. The van der Waals surface area contributed by atoms with Crippen molar-refractivity contribution in [1.29, 1.82) is 0 Å². The number of rotatable bonds is 6. The number of nitrogens with zero attached hydrogens (tertiary/aromatic N) is 2. The van der Waals surface area contributed by atoms with Gasteiger partial charge in [0.15, 0.2) is 4.67 Å². The maximum Gasteiger partial charge on any atom is 0.173 e. The van der Waals surface area contributed by atoms with Crippen molar-refractivity contribution in [3.05, 3.63) is 40.5 Å². The Morgan fingerprint density at radius 1 is 1.43 bits per heavy atom. The lowest BCUT2D eigenvalue weighted by molar-refractivity contribution is 0.456. The number of hydrogen-bond acceptors (Lipinski definition) is 3. The lowest BCUT2D eigenvalue weighted by Gasteiger charge is -2.16. The van der Waals surface area contributed by atoms with E-state index < -0.39 is 0 Å². The third-order valence-corrected chi connectivity index (χ3v) is 4.89. The average Bonchev–Trinajstić information content (AvgIpc) is 3.18. The number of furan rings is 1. The van der Waals surface area contributed by atoms with E-state index in [0.29, 0.717) is 6.04 Å². The summed E-state index contributed by atoms with van der Waals surface area (Å²) in [5.41, 5.74) is 2.30. The van der Waals surface area contributed by atoms with E-state index in [-0.39, 0.29) is 6.04 Å². The zero-order valence-corrected chi connectivity index (χ0v) is 14.0. The molecule has 21 heavy (non-hydrogen) atoms. The quantitative estimate of drug-likeness (QED) is 0.845. The second-order valence-corrected chi connectivity index (χ2v) is 6.41. The molecule has 114 valence electrons. The van der Waals surface area contributed by atoms with Crippen molar-refractivity contribution in [1.82, 2.24) is 15.1 Å². The molecule has 2 aromatic rings. The van der Waals surface area contributed by atoms with Crippen molar-refractivity contribution >= 4 is 15.9 Å². The molecule has 1 N–H and O–H groups in total. The molecule has 1 aliphatic carbocycles. The van der Waals surface area contributed by atoms with Gasteiger partial charge >= 0.3 is 0 Å². The summed E-state index contributed by atoms with van der Waals surface area (Å²) in [4.78, 5) is 0. The van der Waals surface area contributed by atoms with Gasteiger partial charge in [0.1, 0.15) is 0 Å². The highest BCUT2D eigenvalue weighted by atomic mass is 79.9. The minimum atomic E-state index is 0.232. The molecule has 1 atom stereocenters. The molecular formula is C16H22BrN3O. The molecule has 0 saturated heterocycles. The second kappa shape index (κ2) is 6.79. The molecule has 1 aliphatic rings. The normalized spacial score (nSPS) is 17.4. The number of halogens is 1. The average molecular weight is 352 g/mol. The number of nitrogens with one attached hydrogen (secondary N) is 1. The first-order chi connectivity index (χ1) is 10.3. The van der Waals surface area contributed by atoms with Crippen LogP contribution in [0.5, 0.6) is 0 Å². The van der Waals surface area contributed by atoms with Crippen LogP contribution in [0.3, 0.4) is 0 Å². The molecule has 2 aromatic heterocycles. The van der Waals surface area contributed by atoms with Gasteiger partial charge in [0, 0.05) is 24.2 Å². The molecule has 3 rings (SSSR count). The summed E-state index contributed by atoms with van der Waals surface area (Å²) >= 11 is 3.48. The summed E-state index contributed by atoms with van der Waals surface area (Å²) < 4.78 is 8.34. The van der Waals surface area contributed by atoms with Crippen LogP contribution in [0.4, 0.5) is 0 Å². The number of likely N-dealkylation sites (N-methyl/N-ethyl adjacent to an activating group) is 1. The SMILES string of the molecule is CCNC(Cc1ccn(C2CCCC2)n1)c1ccoc1Br. The van der Waals surface area contributed by atoms with Gasteiger partial charge < -0.3 is 9.73 Å². The molecule has 0 spiro atoms. The van der Waals surface area contributed by atoms with Crippen LogP contribution in [-0.4, -0.2) is 16.3 Å². The third-order valence-electron chi connectivity index (χ3n) is 4.25. The Labute approximate surface area is 134 Å². The third kappa shape index (κ3) is 3.40. The molecule has 4 nitrogen and oxygen atoms in total. The van der Waals surface area contributed by atoms with Crippen LogP contribution in [0.15, 0.2) is 33.7 Å². The molecule has 0 aromatic carbocycles. The molecule has 0 bridgehead atoms. The zero-order chi connectivity index (χ0) is 14.7. The van der Waals surface area contributed by atoms with Gasteiger partial charge in [0.05, 0.1) is 18.0 Å². The van der Waals surface area contributed by atoms with E-state index >= 15 is 0 Å². The summed E-state index contributed by atoms with van der Waals surface area (Å²) in [7, 11) is 0. The fourth-order valence-corrected chi connectivity index (χ4v) is 3.68. The molecule has 1 fully saturated rings. The topological polar surface area (TPSA) is 43.0 Å². The lowest BCUT2D eigenvalue weighted by Crippen LogP contribution is -2.23. The maximum atomic E-state index is 5.37. The van der Waals surface area contributed by atoms with Gasteiger partial charge in [0.2, 0.25) is 0 Å². The number of aromatic nitrogens is 2. The van der Waals surface area contributed by atoms with Crippen LogP contribution in [0.1, 0.15) is 55.9 Å². The first kappa shape index (κ1) is 14.9. The van der Waals surface area contributed by atoms with E-state index in [9.17, 15) is 0 Å². The first-order valence-electron chi connectivity index (χ1n) is 7.78. The van der Waals surface area contributed by atoms with Crippen molar-refractivity contribution in [3.8, 4) is 0 Å². The van der Waals surface area contributed by atoms with Gasteiger partial charge in [0.25, 0.3) is 0 Å². The second-order valence-electron chi connectivity index (χ2n) is 5.69. The Hall–Kier alpha value is -1.07. The summed E-state index contributed by atoms with van der Waals surface area (Å²) in [5, 5.41) is 8.30. The minimum absolute atomic E-state index is 0.232. The first-order valence-corrected chi connectivity index (χ1v) is 8.57. The van der Waals surface area contributed by atoms with Crippen molar-refractivity contribution in [3.63, 3.8) is 0 Å². The zero-order valence-electron chi connectivity index (χ0n) is 12.4. The minimum Gasteiger partial charge on any atom is -0.457 e. The predicted molar refractivity (Wildman–Crippen MR) is 86.3 cm³/mol. The molecule has 2 heterocycles. The van der Waals surface area contributed by atoms with Crippen LogP contribution < -0.4 is 5.32 Å². The van der Waals surface area contributed by atoms with Crippen LogP contribution in [0, 0.1) is 0 Å². The van der Waals surface area contributed by atoms with Crippen LogP contribution in [0.2, 0.25) is 0 Å². The van der Waals surface area contributed by atoms with E-state index in [0.717, 1.165) is 28.9 Å². The molecule has 0 amide bonds. The van der Waals surface area contributed by atoms with E-state index in [1.165, 1.54) is 25.7 Å². The van der Waals surface area contributed by atoms with Crippen molar-refractivity contribution in [2.45, 2.75) is 51.1 Å². The molecule has 5 heteroatoms. The van der Waals surface area contributed by atoms with Crippen LogP contribution in [-0.2, 0) is 6.42 Å². The monoisotopic (exact) mass is 351 g/mol. The van der Waals surface area contributed by atoms with Gasteiger partial charge in [-0.15, -0.1) is 0 Å².